The van der Waals surface area contributed by atoms with E-state index in [1.807, 2.05) is 0 Å². The topological polar surface area (TPSA) is 41.1 Å². The van der Waals surface area contributed by atoms with Gasteiger partial charge in [0.25, 0.3) is 0 Å². The fourth-order valence-corrected chi connectivity index (χ4v) is 4.06. The highest BCUT2D eigenvalue weighted by atomic mass is 15.2. The van der Waals surface area contributed by atoms with E-state index >= 15 is 0 Å². The minimum Gasteiger partial charge on any atom is -0.340 e. The van der Waals surface area contributed by atoms with Crippen molar-refractivity contribution in [3.8, 4) is 0 Å². The number of benzene rings is 2. The Morgan fingerprint density at radius 3 is 2.58 bits per heavy atom. The van der Waals surface area contributed by atoms with Crippen molar-refractivity contribution in [2.75, 3.05) is 5.32 Å². The molecule has 0 saturated heterocycles. The first-order valence-electron chi connectivity index (χ1n) is 10.8. The average Bonchev–Trinajstić information content (AvgIpc) is 3.18. The van der Waals surface area contributed by atoms with Gasteiger partial charge >= 0.3 is 0 Å². The summed E-state index contributed by atoms with van der Waals surface area (Å²) in [6, 6.07) is 17.1. The lowest BCUT2D eigenvalue weighted by Crippen LogP contribution is -2.26. The molecule has 0 aliphatic carbocycles. The summed E-state index contributed by atoms with van der Waals surface area (Å²) in [5.41, 5.74) is 7.33. The molecule has 0 unspecified atom stereocenters. The van der Waals surface area contributed by atoms with Gasteiger partial charge in [0.1, 0.15) is 12.1 Å². The summed E-state index contributed by atoms with van der Waals surface area (Å²) in [6.07, 6.45) is 5.96. The number of rotatable bonds is 5. The lowest BCUT2D eigenvalue weighted by Gasteiger charge is -2.16. The molecule has 1 aliphatic rings. The van der Waals surface area contributed by atoms with Crippen LogP contribution in [0.4, 0.5) is 5.82 Å². The summed E-state index contributed by atoms with van der Waals surface area (Å²) in [7, 11) is 0. The molecule has 4 rings (SSSR count). The standard InChI is InChI=1S/C27H30N4/c1-5-23(14-21-11-8-9-13-24(21)19(2)3)30-27-25-16-31(17-26(25)28-18-29-27)15-22-12-7-6-10-20(22)4/h5-14,18H,15-17H2,1-4H3,(H,28,29,30)/b21-14-,23-5+. The molecule has 0 saturated carbocycles. The van der Waals surface area contributed by atoms with Gasteiger partial charge in [0.05, 0.1) is 5.69 Å². The number of allylic oxidation sites excluding steroid dienone is 2. The predicted octanol–water partition coefficient (Wildman–Crippen LogP) is 4.29. The maximum Gasteiger partial charge on any atom is 0.138 e. The van der Waals surface area contributed by atoms with E-state index < -0.39 is 0 Å². The van der Waals surface area contributed by atoms with Crippen molar-refractivity contribution in [1.82, 2.24) is 14.9 Å². The van der Waals surface area contributed by atoms with Gasteiger partial charge in [-0.15, -0.1) is 0 Å². The average molecular weight is 411 g/mol. The van der Waals surface area contributed by atoms with Gasteiger partial charge < -0.3 is 5.32 Å². The Balaban J connectivity index is 1.59. The Bertz CT molecular complexity index is 1240. The molecule has 1 aliphatic heterocycles. The molecular formula is C27H30N4. The van der Waals surface area contributed by atoms with Crippen LogP contribution in [0.3, 0.4) is 0 Å². The van der Waals surface area contributed by atoms with E-state index in [9.17, 15) is 0 Å². The molecule has 158 valence electrons. The van der Waals surface area contributed by atoms with Crippen LogP contribution in [-0.2, 0) is 19.6 Å². The third-order valence-corrected chi connectivity index (χ3v) is 5.83. The van der Waals surface area contributed by atoms with Gasteiger partial charge in [-0.2, -0.15) is 0 Å². The highest BCUT2D eigenvalue weighted by Crippen LogP contribution is 2.28. The second kappa shape index (κ2) is 9.27. The molecule has 2 aromatic carbocycles. The quantitative estimate of drug-likeness (QED) is 0.681. The molecule has 0 amide bonds. The molecule has 1 aromatic heterocycles. The van der Waals surface area contributed by atoms with E-state index in [2.05, 4.69) is 109 Å². The van der Waals surface area contributed by atoms with Crippen LogP contribution >= 0.6 is 0 Å². The van der Waals surface area contributed by atoms with Gasteiger partial charge in [-0.1, -0.05) is 60.2 Å². The molecule has 0 atom stereocenters. The third kappa shape index (κ3) is 4.75. The van der Waals surface area contributed by atoms with Gasteiger partial charge in [0.2, 0.25) is 0 Å². The fourth-order valence-electron chi connectivity index (χ4n) is 4.06. The van der Waals surface area contributed by atoms with E-state index in [0.29, 0.717) is 0 Å². The highest BCUT2D eigenvalue weighted by molar-refractivity contribution is 5.61. The molecular weight excluding hydrogens is 380 g/mol. The van der Waals surface area contributed by atoms with Crippen molar-refractivity contribution in [1.29, 1.82) is 0 Å². The Morgan fingerprint density at radius 1 is 1.03 bits per heavy atom. The van der Waals surface area contributed by atoms with Gasteiger partial charge in [-0.05, 0) is 55.3 Å². The number of nitrogens with zero attached hydrogens (tertiary/aromatic N) is 3. The second-order valence-corrected chi connectivity index (χ2v) is 8.32. The minimum atomic E-state index is 0.849. The van der Waals surface area contributed by atoms with Gasteiger partial charge in [0.15, 0.2) is 0 Å². The highest BCUT2D eigenvalue weighted by Gasteiger charge is 2.24. The predicted molar refractivity (Wildman–Crippen MR) is 128 cm³/mol. The van der Waals surface area contributed by atoms with E-state index in [1.54, 1.807) is 6.33 Å². The van der Waals surface area contributed by atoms with Crippen LogP contribution < -0.4 is 15.8 Å². The zero-order valence-electron chi connectivity index (χ0n) is 18.8. The lowest BCUT2D eigenvalue weighted by atomic mass is 10.1. The molecule has 4 nitrogen and oxygen atoms in total. The maximum absolute atomic E-state index is 4.58. The number of fused-ring (bicyclic) bond motifs is 1. The van der Waals surface area contributed by atoms with Crippen LogP contribution in [0.2, 0.25) is 0 Å². The Kier molecular flexibility index (Phi) is 6.28. The first-order valence-corrected chi connectivity index (χ1v) is 10.8. The molecule has 0 spiro atoms. The van der Waals surface area contributed by atoms with E-state index in [1.165, 1.54) is 32.7 Å². The van der Waals surface area contributed by atoms with Gasteiger partial charge in [0, 0.05) is 30.9 Å². The zero-order valence-corrected chi connectivity index (χ0v) is 18.8. The number of nitrogens with one attached hydrogen (secondary N) is 1. The summed E-state index contributed by atoms with van der Waals surface area (Å²) in [4.78, 5) is 11.6. The van der Waals surface area contributed by atoms with Crippen LogP contribution in [0.15, 0.2) is 66.6 Å². The van der Waals surface area contributed by atoms with E-state index in [-0.39, 0.29) is 0 Å². The molecule has 0 fully saturated rings. The van der Waals surface area contributed by atoms with Crippen LogP contribution in [0, 0.1) is 6.92 Å². The number of hydrogen-bond acceptors (Lipinski definition) is 4. The van der Waals surface area contributed by atoms with E-state index in [4.69, 9.17) is 0 Å². The van der Waals surface area contributed by atoms with Gasteiger partial charge in [-0.25, -0.2) is 9.97 Å². The normalized spacial score (nSPS) is 14.6. The van der Waals surface area contributed by atoms with Gasteiger partial charge in [-0.3, -0.25) is 4.90 Å². The van der Waals surface area contributed by atoms with Crippen LogP contribution in [0.5, 0.6) is 0 Å². The Labute approximate surface area is 184 Å². The number of anilines is 1. The van der Waals surface area contributed by atoms with E-state index in [0.717, 1.165) is 36.8 Å². The SMILES string of the molecule is C/C=C(\C=c1\ccccc1=C(C)C)Nc1ncnc2c1CN(Cc1ccccc1C)C2. The van der Waals surface area contributed by atoms with Crippen molar-refractivity contribution in [2.24, 2.45) is 0 Å². The Hall–Kier alpha value is -3.24. The maximum atomic E-state index is 4.58. The van der Waals surface area contributed by atoms with Crippen molar-refractivity contribution >= 4 is 17.5 Å². The largest absolute Gasteiger partial charge is 0.340 e. The molecule has 1 N–H and O–H groups in total. The lowest BCUT2D eigenvalue weighted by molar-refractivity contribution is 0.273. The number of hydrogen-bond donors (Lipinski definition) is 1. The van der Waals surface area contributed by atoms with Crippen LogP contribution in [-0.4, -0.2) is 14.9 Å². The number of aromatic nitrogens is 2. The molecule has 31 heavy (non-hydrogen) atoms. The van der Waals surface area contributed by atoms with Crippen molar-refractivity contribution in [3.05, 3.63) is 99.5 Å². The molecule has 3 aromatic rings. The van der Waals surface area contributed by atoms with Crippen LogP contribution in [0.1, 0.15) is 43.2 Å². The fraction of sp³-hybridized carbons (Fsp3) is 0.259. The molecule has 2 heterocycles. The zero-order chi connectivity index (χ0) is 21.8. The van der Waals surface area contributed by atoms with Crippen molar-refractivity contribution in [3.63, 3.8) is 0 Å². The summed E-state index contributed by atoms with van der Waals surface area (Å²) in [5, 5.41) is 6.03. The number of aryl methyl sites for hydroxylation is 1. The first kappa shape index (κ1) is 21.0. The second-order valence-electron chi connectivity index (χ2n) is 8.32. The summed E-state index contributed by atoms with van der Waals surface area (Å²) >= 11 is 0. The summed E-state index contributed by atoms with van der Waals surface area (Å²) in [6.45, 7) is 11.1. The summed E-state index contributed by atoms with van der Waals surface area (Å²) in [5.74, 6) is 0.899. The third-order valence-electron chi connectivity index (χ3n) is 5.83. The monoisotopic (exact) mass is 410 g/mol. The molecule has 4 heteroatoms. The van der Waals surface area contributed by atoms with Crippen LogP contribution in [0.25, 0.3) is 11.6 Å². The van der Waals surface area contributed by atoms with Crippen molar-refractivity contribution in [2.45, 2.75) is 47.3 Å². The first-order chi connectivity index (χ1) is 15.0. The molecule has 0 radical (unpaired) electrons. The molecule has 0 bridgehead atoms. The smallest absolute Gasteiger partial charge is 0.138 e. The Morgan fingerprint density at radius 2 is 1.81 bits per heavy atom. The van der Waals surface area contributed by atoms with Crippen molar-refractivity contribution < 1.29 is 0 Å². The minimum absolute atomic E-state index is 0.849. The summed E-state index contributed by atoms with van der Waals surface area (Å²) < 4.78 is 0.